The number of benzene rings is 2. The SMILES string of the molecule is COC(COCc1ccccc1)CN1CCCN(C2CCCc3ccccc32)CC1. The van der Waals surface area contributed by atoms with E-state index in [1.165, 1.54) is 37.8 Å². The van der Waals surface area contributed by atoms with E-state index in [0.29, 0.717) is 19.3 Å². The van der Waals surface area contributed by atoms with Crippen LogP contribution in [0.2, 0.25) is 0 Å². The van der Waals surface area contributed by atoms with Crippen LogP contribution < -0.4 is 0 Å². The van der Waals surface area contributed by atoms with E-state index >= 15 is 0 Å². The van der Waals surface area contributed by atoms with E-state index in [4.69, 9.17) is 9.47 Å². The zero-order valence-corrected chi connectivity index (χ0v) is 18.3. The van der Waals surface area contributed by atoms with Gasteiger partial charge in [-0.1, -0.05) is 54.6 Å². The van der Waals surface area contributed by atoms with Gasteiger partial charge in [-0.15, -0.1) is 0 Å². The summed E-state index contributed by atoms with van der Waals surface area (Å²) in [5, 5.41) is 0. The molecule has 0 bridgehead atoms. The Balaban J connectivity index is 1.26. The van der Waals surface area contributed by atoms with Gasteiger partial charge >= 0.3 is 0 Å². The molecule has 162 valence electrons. The third kappa shape index (κ3) is 5.70. The average molecular weight is 409 g/mol. The van der Waals surface area contributed by atoms with Crippen LogP contribution >= 0.6 is 0 Å². The van der Waals surface area contributed by atoms with Crippen molar-refractivity contribution in [1.29, 1.82) is 0 Å². The summed E-state index contributed by atoms with van der Waals surface area (Å²) in [4.78, 5) is 5.29. The molecule has 1 aliphatic carbocycles. The maximum absolute atomic E-state index is 5.94. The standard InChI is InChI=1S/C26H36N2O2/c1-29-24(21-30-20-22-9-3-2-4-10-22)19-27-15-8-16-28(18-17-27)26-14-7-12-23-11-5-6-13-25(23)26/h2-6,9-11,13,24,26H,7-8,12,14-21H2,1H3. The summed E-state index contributed by atoms with van der Waals surface area (Å²) < 4.78 is 11.7. The van der Waals surface area contributed by atoms with E-state index in [-0.39, 0.29) is 6.10 Å². The number of ether oxygens (including phenoxy) is 2. The van der Waals surface area contributed by atoms with Gasteiger partial charge in [0.15, 0.2) is 0 Å². The molecule has 1 aliphatic heterocycles. The van der Waals surface area contributed by atoms with Gasteiger partial charge < -0.3 is 9.47 Å². The van der Waals surface area contributed by atoms with Crippen LogP contribution in [0.25, 0.3) is 0 Å². The molecular weight excluding hydrogens is 372 g/mol. The lowest BCUT2D eigenvalue weighted by Crippen LogP contribution is -2.39. The molecule has 1 saturated heterocycles. The van der Waals surface area contributed by atoms with Crippen LogP contribution in [0, 0.1) is 0 Å². The maximum Gasteiger partial charge on any atom is 0.0931 e. The molecule has 2 aliphatic rings. The van der Waals surface area contributed by atoms with Crippen molar-refractivity contribution in [3.8, 4) is 0 Å². The minimum Gasteiger partial charge on any atom is -0.378 e. The Morgan fingerprint density at radius 2 is 1.77 bits per heavy atom. The second kappa shape index (κ2) is 11.1. The molecule has 0 aromatic heterocycles. The van der Waals surface area contributed by atoms with Gasteiger partial charge in [-0.25, -0.2) is 0 Å². The van der Waals surface area contributed by atoms with E-state index in [1.807, 2.05) is 6.07 Å². The van der Waals surface area contributed by atoms with Crippen molar-refractivity contribution in [2.24, 2.45) is 0 Å². The summed E-state index contributed by atoms with van der Waals surface area (Å²) in [6, 6.07) is 20.0. The molecular formula is C26H36N2O2. The molecule has 2 aromatic carbocycles. The number of methoxy groups -OCH3 is 1. The van der Waals surface area contributed by atoms with Crippen LogP contribution in [0.1, 0.15) is 42.0 Å². The monoisotopic (exact) mass is 408 g/mol. The molecule has 0 spiro atoms. The Morgan fingerprint density at radius 1 is 0.933 bits per heavy atom. The first kappa shape index (κ1) is 21.5. The van der Waals surface area contributed by atoms with Gasteiger partial charge in [-0.2, -0.15) is 0 Å². The minimum absolute atomic E-state index is 0.121. The highest BCUT2D eigenvalue weighted by Crippen LogP contribution is 2.34. The molecule has 0 amide bonds. The molecule has 1 fully saturated rings. The summed E-state index contributed by atoms with van der Waals surface area (Å²) >= 11 is 0. The molecule has 2 aromatic rings. The zero-order chi connectivity index (χ0) is 20.6. The van der Waals surface area contributed by atoms with Crippen molar-refractivity contribution < 1.29 is 9.47 Å². The topological polar surface area (TPSA) is 24.9 Å². The van der Waals surface area contributed by atoms with Gasteiger partial charge in [-0.3, -0.25) is 9.80 Å². The average Bonchev–Trinajstić information content (AvgIpc) is 3.04. The third-order valence-electron chi connectivity index (χ3n) is 6.61. The fraction of sp³-hybridized carbons (Fsp3) is 0.538. The lowest BCUT2D eigenvalue weighted by atomic mass is 9.87. The second-order valence-corrected chi connectivity index (χ2v) is 8.66. The van der Waals surface area contributed by atoms with Crippen molar-refractivity contribution >= 4 is 0 Å². The number of hydrogen-bond donors (Lipinski definition) is 0. The number of fused-ring (bicyclic) bond motifs is 1. The smallest absolute Gasteiger partial charge is 0.0931 e. The van der Waals surface area contributed by atoms with E-state index in [1.54, 1.807) is 18.2 Å². The summed E-state index contributed by atoms with van der Waals surface area (Å²) in [7, 11) is 1.81. The highest BCUT2D eigenvalue weighted by molar-refractivity contribution is 5.32. The van der Waals surface area contributed by atoms with Crippen molar-refractivity contribution in [2.45, 2.75) is 44.4 Å². The first-order valence-electron chi connectivity index (χ1n) is 11.5. The highest BCUT2D eigenvalue weighted by atomic mass is 16.5. The van der Waals surface area contributed by atoms with Crippen LogP contribution in [0.5, 0.6) is 0 Å². The van der Waals surface area contributed by atoms with E-state index in [9.17, 15) is 0 Å². The van der Waals surface area contributed by atoms with Crippen LogP contribution in [0.4, 0.5) is 0 Å². The maximum atomic E-state index is 5.94. The highest BCUT2D eigenvalue weighted by Gasteiger charge is 2.27. The van der Waals surface area contributed by atoms with Crippen molar-refractivity contribution in [3.63, 3.8) is 0 Å². The van der Waals surface area contributed by atoms with Crippen LogP contribution in [0.15, 0.2) is 54.6 Å². The number of rotatable bonds is 8. The number of nitrogens with zero attached hydrogens (tertiary/aromatic N) is 2. The molecule has 4 heteroatoms. The van der Waals surface area contributed by atoms with E-state index in [0.717, 1.165) is 26.2 Å². The molecule has 4 nitrogen and oxygen atoms in total. The molecule has 4 rings (SSSR count). The minimum atomic E-state index is 0.121. The largest absolute Gasteiger partial charge is 0.378 e. The van der Waals surface area contributed by atoms with Gasteiger partial charge in [0.1, 0.15) is 0 Å². The number of hydrogen-bond acceptors (Lipinski definition) is 4. The fourth-order valence-corrected chi connectivity index (χ4v) is 4.96. The predicted octanol–water partition coefficient (Wildman–Crippen LogP) is 4.30. The first-order valence-corrected chi connectivity index (χ1v) is 11.5. The van der Waals surface area contributed by atoms with E-state index in [2.05, 4.69) is 58.3 Å². The van der Waals surface area contributed by atoms with Crippen molar-refractivity contribution in [3.05, 3.63) is 71.3 Å². The molecule has 2 atom stereocenters. The lowest BCUT2D eigenvalue weighted by molar-refractivity contribution is -0.0147. The Labute approximate surface area is 181 Å². The van der Waals surface area contributed by atoms with Crippen molar-refractivity contribution in [1.82, 2.24) is 9.80 Å². The molecule has 0 saturated carbocycles. The van der Waals surface area contributed by atoms with Gasteiger partial charge in [0.05, 0.1) is 19.3 Å². The zero-order valence-electron chi connectivity index (χ0n) is 18.3. The summed E-state index contributed by atoms with van der Waals surface area (Å²) in [5.41, 5.74) is 4.34. The Morgan fingerprint density at radius 3 is 2.63 bits per heavy atom. The van der Waals surface area contributed by atoms with Crippen LogP contribution in [0.3, 0.4) is 0 Å². The van der Waals surface area contributed by atoms with Gasteiger partial charge in [0.2, 0.25) is 0 Å². The number of aryl methyl sites for hydroxylation is 1. The van der Waals surface area contributed by atoms with E-state index < -0.39 is 0 Å². The molecule has 0 radical (unpaired) electrons. The Hall–Kier alpha value is -1.72. The predicted molar refractivity (Wildman–Crippen MR) is 122 cm³/mol. The first-order chi connectivity index (χ1) is 14.8. The quantitative estimate of drug-likeness (QED) is 0.650. The molecule has 30 heavy (non-hydrogen) atoms. The molecule has 1 heterocycles. The molecule has 2 unspecified atom stereocenters. The van der Waals surface area contributed by atoms with Gasteiger partial charge in [0.25, 0.3) is 0 Å². The Kier molecular flexibility index (Phi) is 7.93. The second-order valence-electron chi connectivity index (χ2n) is 8.66. The third-order valence-corrected chi connectivity index (χ3v) is 6.61. The van der Waals surface area contributed by atoms with Crippen LogP contribution in [-0.2, 0) is 22.5 Å². The summed E-state index contributed by atoms with van der Waals surface area (Å²) in [5.74, 6) is 0. The fourth-order valence-electron chi connectivity index (χ4n) is 4.96. The van der Waals surface area contributed by atoms with Gasteiger partial charge in [-0.05, 0) is 48.9 Å². The normalized spacial score (nSPS) is 21.7. The van der Waals surface area contributed by atoms with Crippen LogP contribution in [-0.4, -0.2) is 62.3 Å². The summed E-state index contributed by atoms with van der Waals surface area (Å²) in [6.07, 6.45) is 5.19. The molecule has 0 N–H and O–H groups in total. The Bertz CT molecular complexity index is 767. The van der Waals surface area contributed by atoms with Gasteiger partial charge in [0, 0.05) is 39.3 Å². The lowest BCUT2D eigenvalue weighted by Gasteiger charge is -2.35. The summed E-state index contributed by atoms with van der Waals surface area (Å²) in [6.45, 7) is 6.82. The van der Waals surface area contributed by atoms with Crippen molar-refractivity contribution in [2.75, 3.05) is 46.4 Å².